The molecule has 0 saturated carbocycles. The number of anilines is 1. The molecule has 0 fully saturated rings. The highest BCUT2D eigenvalue weighted by Crippen LogP contribution is 2.39. The number of nitrogens with zero attached hydrogens (tertiary/aromatic N) is 2. The molecule has 0 spiro atoms. The number of amides is 1. The number of nitrogens with two attached hydrogens (primary N) is 1. The van der Waals surface area contributed by atoms with Gasteiger partial charge in [-0.25, -0.2) is 0 Å². The minimum absolute atomic E-state index is 0.0165. The van der Waals surface area contributed by atoms with Gasteiger partial charge in [-0.15, -0.1) is 0 Å². The van der Waals surface area contributed by atoms with Crippen LogP contribution in [0.3, 0.4) is 0 Å². The fourth-order valence-corrected chi connectivity index (χ4v) is 2.48. The SMILES string of the molecule is CC1(C)C(=O)Nc2ccc(-c3nccnc3CN)cc21. The Kier molecular flexibility index (Phi) is 2.79. The van der Waals surface area contributed by atoms with Crippen LogP contribution in [-0.4, -0.2) is 15.9 Å². The van der Waals surface area contributed by atoms with E-state index in [1.54, 1.807) is 12.4 Å². The van der Waals surface area contributed by atoms with Gasteiger partial charge in [-0.2, -0.15) is 0 Å². The van der Waals surface area contributed by atoms with Gasteiger partial charge in [0.2, 0.25) is 5.91 Å². The average molecular weight is 268 g/mol. The Morgan fingerprint density at radius 2 is 2.00 bits per heavy atom. The van der Waals surface area contributed by atoms with Crippen LogP contribution < -0.4 is 11.1 Å². The number of fused-ring (bicyclic) bond motifs is 1. The van der Waals surface area contributed by atoms with Crippen LogP contribution in [0, 0.1) is 0 Å². The number of hydrogen-bond acceptors (Lipinski definition) is 4. The lowest BCUT2D eigenvalue weighted by Crippen LogP contribution is -2.26. The van der Waals surface area contributed by atoms with Crippen molar-refractivity contribution in [1.82, 2.24) is 9.97 Å². The maximum atomic E-state index is 12.0. The summed E-state index contributed by atoms with van der Waals surface area (Å²) < 4.78 is 0. The van der Waals surface area contributed by atoms with Crippen LogP contribution in [-0.2, 0) is 16.8 Å². The van der Waals surface area contributed by atoms with E-state index >= 15 is 0 Å². The van der Waals surface area contributed by atoms with Crippen molar-refractivity contribution in [3.63, 3.8) is 0 Å². The summed E-state index contributed by atoms with van der Waals surface area (Å²) >= 11 is 0. The third-order valence-corrected chi connectivity index (χ3v) is 3.75. The molecule has 0 saturated heterocycles. The molecule has 2 heterocycles. The normalized spacial score (nSPS) is 15.8. The minimum atomic E-state index is -0.531. The average Bonchev–Trinajstić information content (AvgIpc) is 2.69. The zero-order valence-corrected chi connectivity index (χ0v) is 11.5. The highest BCUT2D eigenvalue weighted by Gasteiger charge is 2.38. The maximum Gasteiger partial charge on any atom is 0.234 e. The molecule has 0 unspecified atom stereocenters. The molecule has 1 aromatic heterocycles. The van der Waals surface area contributed by atoms with Crippen LogP contribution in [0.2, 0.25) is 0 Å². The number of nitrogens with one attached hydrogen (secondary N) is 1. The van der Waals surface area contributed by atoms with Crippen molar-refractivity contribution in [2.24, 2.45) is 5.73 Å². The molecule has 3 rings (SSSR count). The molecule has 5 heteroatoms. The molecule has 1 aliphatic heterocycles. The van der Waals surface area contributed by atoms with Crippen LogP contribution in [0.5, 0.6) is 0 Å². The van der Waals surface area contributed by atoms with Crippen LogP contribution in [0.15, 0.2) is 30.6 Å². The van der Waals surface area contributed by atoms with Gasteiger partial charge in [0.05, 0.1) is 16.8 Å². The van der Waals surface area contributed by atoms with Gasteiger partial charge >= 0.3 is 0 Å². The molecule has 0 aliphatic carbocycles. The molecule has 0 bridgehead atoms. The summed E-state index contributed by atoms with van der Waals surface area (Å²) in [7, 11) is 0. The maximum absolute atomic E-state index is 12.0. The Balaban J connectivity index is 2.15. The highest BCUT2D eigenvalue weighted by molar-refractivity contribution is 6.06. The zero-order valence-electron chi connectivity index (χ0n) is 11.5. The van der Waals surface area contributed by atoms with Crippen molar-refractivity contribution in [2.75, 3.05) is 5.32 Å². The third kappa shape index (κ3) is 1.78. The summed E-state index contributed by atoms with van der Waals surface area (Å²) in [5.74, 6) is 0.0165. The van der Waals surface area contributed by atoms with Gasteiger partial charge in [0.15, 0.2) is 0 Å². The lowest BCUT2D eigenvalue weighted by Gasteiger charge is -2.16. The summed E-state index contributed by atoms with van der Waals surface area (Å²) in [4.78, 5) is 20.6. The van der Waals surface area contributed by atoms with E-state index in [9.17, 15) is 4.79 Å². The second-order valence-electron chi connectivity index (χ2n) is 5.40. The lowest BCUT2D eigenvalue weighted by molar-refractivity contribution is -0.119. The van der Waals surface area contributed by atoms with E-state index in [4.69, 9.17) is 5.73 Å². The second-order valence-corrected chi connectivity index (χ2v) is 5.40. The molecule has 3 N–H and O–H groups in total. The first-order valence-electron chi connectivity index (χ1n) is 6.50. The van der Waals surface area contributed by atoms with E-state index in [0.717, 1.165) is 28.2 Å². The number of carbonyl (C=O) groups excluding carboxylic acids is 1. The van der Waals surface area contributed by atoms with E-state index in [2.05, 4.69) is 15.3 Å². The fourth-order valence-electron chi connectivity index (χ4n) is 2.48. The first-order valence-corrected chi connectivity index (χ1v) is 6.50. The summed E-state index contributed by atoms with van der Waals surface area (Å²) in [5, 5.41) is 2.90. The van der Waals surface area contributed by atoms with Gasteiger partial charge in [-0.1, -0.05) is 6.07 Å². The zero-order chi connectivity index (χ0) is 14.3. The Morgan fingerprint density at radius 1 is 1.25 bits per heavy atom. The van der Waals surface area contributed by atoms with Gasteiger partial charge in [0.1, 0.15) is 0 Å². The molecule has 102 valence electrons. The number of rotatable bonds is 2. The Bertz CT molecular complexity index is 694. The monoisotopic (exact) mass is 268 g/mol. The Hall–Kier alpha value is -2.27. The summed E-state index contributed by atoms with van der Waals surface area (Å²) in [6.07, 6.45) is 3.28. The summed E-state index contributed by atoms with van der Waals surface area (Å²) in [6, 6.07) is 5.84. The first-order chi connectivity index (χ1) is 9.54. The smallest absolute Gasteiger partial charge is 0.234 e. The molecule has 1 aromatic carbocycles. The quantitative estimate of drug-likeness (QED) is 0.870. The van der Waals surface area contributed by atoms with Crippen LogP contribution in [0.4, 0.5) is 5.69 Å². The molecular formula is C15H16N4O. The van der Waals surface area contributed by atoms with E-state index < -0.39 is 5.41 Å². The highest BCUT2D eigenvalue weighted by atomic mass is 16.2. The topological polar surface area (TPSA) is 80.9 Å². The fraction of sp³-hybridized carbons (Fsp3) is 0.267. The Morgan fingerprint density at radius 3 is 2.75 bits per heavy atom. The number of aromatic nitrogens is 2. The molecule has 1 amide bonds. The standard InChI is InChI=1S/C15H16N4O/c1-15(2)10-7-9(3-4-11(10)19-14(15)20)13-12(8-16)17-5-6-18-13/h3-7H,8,16H2,1-2H3,(H,19,20). The van der Waals surface area contributed by atoms with Gasteiger partial charge < -0.3 is 11.1 Å². The van der Waals surface area contributed by atoms with E-state index in [1.807, 2.05) is 32.0 Å². The molecule has 1 aliphatic rings. The van der Waals surface area contributed by atoms with Crippen molar-refractivity contribution < 1.29 is 4.79 Å². The Labute approximate surface area is 117 Å². The van der Waals surface area contributed by atoms with Crippen molar-refractivity contribution in [1.29, 1.82) is 0 Å². The van der Waals surface area contributed by atoms with Crippen LogP contribution in [0.1, 0.15) is 25.1 Å². The van der Waals surface area contributed by atoms with E-state index in [0.29, 0.717) is 6.54 Å². The van der Waals surface area contributed by atoms with E-state index in [-0.39, 0.29) is 5.91 Å². The molecular weight excluding hydrogens is 252 g/mol. The van der Waals surface area contributed by atoms with Crippen LogP contribution >= 0.6 is 0 Å². The first kappa shape index (κ1) is 12.7. The van der Waals surface area contributed by atoms with Gasteiger partial charge in [-0.3, -0.25) is 14.8 Å². The van der Waals surface area contributed by atoms with Crippen molar-refractivity contribution in [3.8, 4) is 11.3 Å². The van der Waals surface area contributed by atoms with Gasteiger partial charge in [0, 0.05) is 30.2 Å². The van der Waals surface area contributed by atoms with Crippen molar-refractivity contribution in [2.45, 2.75) is 25.8 Å². The number of carbonyl (C=O) groups is 1. The minimum Gasteiger partial charge on any atom is -0.325 e. The predicted octanol–water partition coefficient (Wildman–Crippen LogP) is 1.83. The van der Waals surface area contributed by atoms with Gasteiger partial charge in [-0.05, 0) is 31.5 Å². The third-order valence-electron chi connectivity index (χ3n) is 3.75. The summed E-state index contributed by atoms with van der Waals surface area (Å²) in [5.41, 5.74) is 9.47. The van der Waals surface area contributed by atoms with Crippen LogP contribution in [0.25, 0.3) is 11.3 Å². The van der Waals surface area contributed by atoms with Gasteiger partial charge in [0.25, 0.3) is 0 Å². The molecule has 0 radical (unpaired) electrons. The molecule has 20 heavy (non-hydrogen) atoms. The molecule has 5 nitrogen and oxygen atoms in total. The van der Waals surface area contributed by atoms with E-state index in [1.165, 1.54) is 0 Å². The van der Waals surface area contributed by atoms with Crippen molar-refractivity contribution in [3.05, 3.63) is 41.9 Å². The largest absolute Gasteiger partial charge is 0.325 e. The molecule has 2 aromatic rings. The number of hydrogen-bond donors (Lipinski definition) is 2. The van der Waals surface area contributed by atoms with Crippen molar-refractivity contribution >= 4 is 11.6 Å². The summed E-state index contributed by atoms with van der Waals surface area (Å²) in [6.45, 7) is 4.16. The number of benzene rings is 1. The molecule has 0 atom stereocenters. The lowest BCUT2D eigenvalue weighted by atomic mass is 9.85. The predicted molar refractivity (Wildman–Crippen MR) is 77.0 cm³/mol. The second kappa shape index (κ2) is 4.38.